The zero-order valence-corrected chi connectivity index (χ0v) is 33.8. The lowest BCUT2D eigenvalue weighted by molar-refractivity contribution is 0.654. The summed E-state index contributed by atoms with van der Waals surface area (Å²) in [5.41, 5.74) is 13.0. The van der Waals surface area contributed by atoms with Crippen molar-refractivity contribution in [3.63, 3.8) is 0 Å². The van der Waals surface area contributed by atoms with Gasteiger partial charge in [-0.3, -0.25) is 0 Å². The highest BCUT2D eigenvalue weighted by Gasteiger charge is 2.19. The van der Waals surface area contributed by atoms with Crippen molar-refractivity contribution in [3.05, 3.63) is 206 Å². The Bertz CT molecular complexity index is 4210. The van der Waals surface area contributed by atoms with Crippen LogP contribution in [-0.4, -0.2) is 19.1 Å². The molecular weight excluding hydrogens is 769 g/mol. The molecule has 0 aliphatic heterocycles. The quantitative estimate of drug-likeness (QED) is 0.167. The molecule has 0 spiro atoms. The fraction of sp³-hybridized carbons (Fsp3) is 0. The SMILES string of the molecule is c1ccc(-n2c3ccccc3c3cc(-c4ccc5c6ccccc6n(-c6cccc(-c7cnc8c(n7)oc7ccc9c%10ccc%11ccccc%11c%10ccc9c78)c6)c5c4)ccc32)cc1. The van der Waals surface area contributed by atoms with E-state index < -0.39 is 0 Å². The van der Waals surface area contributed by atoms with Gasteiger partial charge < -0.3 is 13.6 Å². The molecule has 292 valence electrons. The molecule has 0 N–H and O–H groups in total. The highest BCUT2D eigenvalue weighted by molar-refractivity contribution is 6.25. The van der Waals surface area contributed by atoms with Crippen molar-refractivity contribution in [1.29, 1.82) is 0 Å². The number of aromatic nitrogens is 4. The molecule has 0 bridgehead atoms. The molecule has 0 amide bonds. The molecule has 63 heavy (non-hydrogen) atoms. The van der Waals surface area contributed by atoms with Gasteiger partial charge in [-0.1, -0.05) is 140 Å². The standard InChI is InChI=1S/C58H34N4O/c1-2-13-39(14-3-1)61-52-20-9-7-18-46(52)49-32-36(23-29-53(49)61)37-22-25-47-45-17-6-8-19-51(45)62(54(47)33-37)40-15-10-12-38(31-40)50-34-59-57-56-48-27-26-42-41-16-5-4-11-35(41)21-24-43(42)44(48)28-30-55(56)63-58(57)60-50/h1-34H. The van der Waals surface area contributed by atoms with E-state index in [9.17, 15) is 0 Å². The minimum Gasteiger partial charge on any atom is -0.436 e. The average Bonchev–Trinajstić information content (AvgIpc) is 4.01. The number of para-hydroxylation sites is 3. The third kappa shape index (κ3) is 4.99. The number of hydrogen-bond acceptors (Lipinski definition) is 3. The summed E-state index contributed by atoms with van der Waals surface area (Å²) in [7, 11) is 0. The summed E-state index contributed by atoms with van der Waals surface area (Å²) in [4.78, 5) is 10.2. The molecule has 0 aliphatic carbocycles. The van der Waals surface area contributed by atoms with Gasteiger partial charge in [0.1, 0.15) is 11.1 Å². The maximum atomic E-state index is 6.47. The first kappa shape index (κ1) is 34.2. The van der Waals surface area contributed by atoms with Crippen molar-refractivity contribution in [2.45, 2.75) is 0 Å². The molecule has 5 nitrogen and oxygen atoms in total. The van der Waals surface area contributed by atoms with Gasteiger partial charge in [0.05, 0.1) is 39.3 Å². The summed E-state index contributed by atoms with van der Waals surface area (Å²) in [5.74, 6) is 0. The van der Waals surface area contributed by atoms with Gasteiger partial charge >= 0.3 is 0 Å². The van der Waals surface area contributed by atoms with E-state index in [-0.39, 0.29) is 0 Å². The van der Waals surface area contributed by atoms with Gasteiger partial charge in [0.25, 0.3) is 0 Å². The molecule has 0 aliphatic rings. The normalized spacial score (nSPS) is 12.1. The zero-order chi connectivity index (χ0) is 41.2. The van der Waals surface area contributed by atoms with E-state index in [0.717, 1.165) is 61.1 Å². The molecular formula is C58H34N4O. The highest BCUT2D eigenvalue weighted by Crippen LogP contribution is 2.41. The molecule has 4 aromatic heterocycles. The molecule has 4 heterocycles. The summed E-state index contributed by atoms with van der Waals surface area (Å²) in [6.45, 7) is 0. The van der Waals surface area contributed by atoms with Crippen LogP contribution in [0.1, 0.15) is 0 Å². The molecule has 10 aromatic carbocycles. The zero-order valence-electron chi connectivity index (χ0n) is 33.8. The van der Waals surface area contributed by atoms with Crippen LogP contribution in [0, 0.1) is 0 Å². The third-order valence-electron chi connectivity index (χ3n) is 13.2. The van der Waals surface area contributed by atoms with Gasteiger partial charge in [-0.25, -0.2) is 9.97 Å². The lowest BCUT2D eigenvalue weighted by atomic mass is 9.96. The Hall–Kier alpha value is -8.54. The summed E-state index contributed by atoms with van der Waals surface area (Å²) >= 11 is 0. The minimum absolute atomic E-state index is 0.532. The van der Waals surface area contributed by atoms with E-state index in [2.05, 4.69) is 209 Å². The molecule has 0 atom stereocenters. The van der Waals surface area contributed by atoms with Gasteiger partial charge in [-0.05, 0) is 104 Å². The van der Waals surface area contributed by atoms with Crippen LogP contribution in [0.15, 0.2) is 211 Å². The van der Waals surface area contributed by atoms with Crippen molar-refractivity contribution in [1.82, 2.24) is 19.1 Å². The first-order valence-corrected chi connectivity index (χ1v) is 21.4. The van der Waals surface area contributed by atoms with Crippen LogP contribution in [0.2, 0.25) is 0 Å². The Morgan fingerprint density at radius 1 is 0.365 bits per heavy atom. The topological polar surface area (TPSA) is 48.8 Å². The average molecular weight is 803 g/mol. The van der Waals surface area contributed by atoms with Crippen LogP contribution in [0.5, 0.6) is 0 Å². The highest BCUT2D eigenvalue weighted by atomic mass is 16.3. The maximum absolute atomic E-state index is 6.47. The van der Waals surface area contributed by atoms with Crippen LogP contribution < -0.4 is 0 Å². The Labute approximate surface area is 360 Å². The summed E-state index contributed by atoms with van der Waals surface area (Å²) in [6, 6.07) is 72.1. The van der Waals surface area contributed by atoms with Gasteiger partial charge in [0.2, 0.25) is 5.71 Å². The predicted molar refractivity (Wildman–Crippen MR) is 261 cm³/mol. The summed E-state index contributed by atoms with van der Waals surface area (Å²) in [6.07, 6.45) is 1.89. The fourth-order valence-electron chi connectivity index (χ4n) is 10.3. The molecule has 14 rings (SSSR count). The number of benzene rings is 10. The van der Waals surface area contributed by atoms with Crippen molar-refractivity contribution >= 4 is 98.1 Å². The van der Waals surface area contributed by atoms with E-state index >= 15 is 0 Å². The van der Waals surface area contributed by atoms with E-state index in [1.54, 1.807) is 0 Å². The number of furan rings is 1. The van der Waals surface area contributed by atoms with E-state index in [1.807, 2.05) is 6.20 Å². The fourth-order valence-corrected chi connectivity index (χ4v) is 10.3. The van der Waals surface area contributed by atoms with Crippen LogP contribution in [0.4, 0.5) is 0 Å². The van der Waals surface area contributed by atoms with Crippen molar-refractivity contribution in [2.75, 3.05) is 0 Å². The number of fused-ring (bicyclic) bond motifs is 15. The van der Waals surface area contributed by atoms with E-state index in [1.165, 1.54) is 65.1 Å². The third-order valence-corrected chi connectivity index (χ3v) is 13.2. The maximum Gasteiger partial charge on any atom is 0.246 e. The smallest absolute Gasteiger partial charge is 0.246 e. The van der Waals surface area contributed by atoms with Gasteiger partial charge in [0.15, 0.2) is 0 Å². The molecule has 0 saturated carbocycles. The van der Waals surface area contributed by atoms with Crippen molar-refractivity contribution in [2.24, 2.45) is 0 Å². The first-order valence-electron chi connectivity index (χ1n) is 21.4. The number of hydrogen-bond donors (Lipinski definition) is 0. The Balaban J connectivity index is 0.894. The second-order valence-electron chi connectivity index (χ2n) is 16.5. The van der Waals surface area contributed by atoms with E-state index in [4.69, 9.17) is 14.4 Å². The lowest BCUT2D eigenvalue weighted by Gasteiger charge is -2.11. The monoisotopic (exact) mass is 802 g/mol. The molecule has 0 saturated heterocycles. The first-order chi connectivity index (χ1) is 31.2. The summed E-state index contributed by atoms with van der Waals surface area (Å²) in [5, 5.41) is 13.1. The second-order valence-corrected chi connectivity index (χ2v) is 16.5. The van der Waals surface area contributed by atoms with Crippen LogP contribution in [-0.2, 0) is 0 Å². The molecule has 0 radical (unpaired) electrons. The van der Waals surface area contributed by atoms with Gasteiger partial charge in [-0.15, -0.1) is 0 Å². The van der Waals surface area contributed by atoms with Crippen LogP contribution in [0.25, 0.3) is 132 Å². The largest absolute Gasteiger partial charge is 0.436 e. The Morgan fingerprint density at radius 3 is 1.84 bits per heavy atom. The Kier molecular flexibility index (Phi) is 7.05. The number of nitrogens with zero attached hydrogens (tertiary/aromatic N) is 4. The number of rotatable bonds is 4. The Morgan fingerprint density at radius 2 is 0.968 bits per heavy atom. The second kappa shape index (κ2) is 13.0. The molecule has 0 fully saturated rings. The summed E-state index contributed by atoms with van der Waals surface area (Å²) < 4.78 is 11.2. The molecule has 0 unspecified atom stereocenters. The van der Waals surface area contributed by atoms with Crippen LogP contribution in [0.3, 0.4) is 0 Å². The van der Waals surface area contributed by atoms with Crippen molar-refractivity contribution < 1.29 is 4.42 Å². The van der Waals surface area contributed by atoms with Crippen molar-refractivity contribution in [3.8, 4) is 33.8 Å². The minimum atomic E-state index is 0.532. The van der Waals surface area contributed by atoms with E-state index in [0.29, 0.717) is 5.71 Å². The van der Waals surface area contributed by atoms with Gasteiger partial charge in [-0.2, -0.15) is 0 Å². The van der Waals surface area contributed by atoms with Gasteiger partial charge in [0, 0.05) is 38.5 Å². The molecule has 14 aromatic rings. The van der Waals surface area contributed by atoms with Crippen LogP contribution >= 0.6 is 0 Å². The molecule has 5 heteroatoms. The lowest BCUT2D eigenvalue weighted by Crippen LogP contribution is -1.95. The predicted octanol–water partition coefficient (Wildman–Crippen LogP) is 15.4.